The molecule has 2 amide bonds. The van der Waals surface area contributed by atoms with Gasteiger partial charge in [0.05, 0.1) is 12.5 Å². The number of hydrogen-bond acceptors (Lipinski definition) is 4. The highest BCUT2D eigenvalue weighted by Crippen LogP contribution is 2.20. The highest BCUT2D eigenvalue weighted by molar-refractivity contribution is 9.10. The number of carbonyl (C=O) groups excluding carboxylic acids is 2. The van der Waals surface area contributed by atoms with Gasteiger partial charge in [0.25, 0.3) is 0 Å². The van der Waals surface area contributed by atoms with Crippen molar-refractivity contribution in [3.05, 3.63) is 76.9 Å². The Morgan fingerprint density at radius 1 is 1.18 bits per heavy atom. The number of hydrogen-bond donors (Lipinski definition) is 2. The Hall–Kier alpha value is -3.00. The van der Waals surface area contributed by atoms with E-state index in [2.05, 4.69) is 36.5 Å². The molecule has 0 fully saturated rings. The molecule has 144 valence electrons. The van der Waals surface area contributed by atoms with Crippen LogP contribution in [0.1, 0.15) is 30.5 Å². The summed E-state index contributed by atoms with van der Waals surface area (Å²) < 4.78 is 2.74. The first-order chi connectivity index (χ1) is 13.5. The summed E-state index contributed by atoms with van der Waals surface area (Å²) in [6.07, 6.45) is 7.00. The Balaban J connectivity index is 1.62. The van der Waals surface area contributed by atoms with Crippen LogP contribution in [-0.2, 0) is 16.1 Å². The van der Waals surface area contributed by atoms with Gasteiger partial charge >= 0.3 is 0 Å². The van der Waals surface area contributed by atoms with Gasteiger partial charge in [-0.05, 0) is 35.4 Å². The topological polar surface area (TPSA) is 88.9 Å². The zero-order valence-electron chi connectivity index (χ0n) is 15.3. The average molecular weight is 442 g/mol. The summed E-state index contributed by atoms with van der Waals surface area (Å²) in [6.45, 7) is 1.81. The maximum Gasteiger partial charge on any atom is 0.222 e. The molecule has 8 heteroatoms. The lowest BCUT2D eigenvalue weighted by atomic mass is 10.0. The van der Waals surface area contributed by atoms with Crippen molar-refractivity contribution in [3.8, 4) is 5.82 Å². The lowest BCUT2D eigenvalue weighted by Crippen LogP contribution is -2.32. The second-order valence-electron chi connectivity index (χ2n) is 6.28. The Bertz CT molecular complexity index is 941. The number of carbonyl (C=O) groups is 2. The lowest BCUT2D eigenvalue weighted by molar-refractivity contribution is -0.122. The molecular formula is C20H20BrN5O2. The third-order valence-corrected chi connectivity index (χ3v) is 4.64. The summed E-state index contributed by atoms with van der Waals surface area (Å²) >= 11 is 3.39. The minimum absolute atomic E-state index is 0.150. The summed E-state index contributed by atoms with van der Waals surface area (Å²) in [6, 6.07) is 10.9. The molecule has 7 nitrogen and oxygen atoms in total. The quantitative estimate of drug-likeness (QED) is 0.589. The van der Waals surface area contributed by atoms with Gasteiger partial charge in [0, 0.05) is 36.5 Å². The Morgan fingerprint density at radius 2 is 1.96 bits per heavy atom. The van der Waals surface area contributed by atoms with E-state index in [4.69, 9.17) is 0 Å². The van der Waals surface area contributed by atoms with Crippen molar-refractivity contribution in [1.82, 2.24) is 25.2 Å². The molecule has 0 radical (unpaired) electrons. The van der Waals surface area contributed by atoms with E-state index in [9.17, 15) is 9.59 Å². The van der Waals surface area contributed by atoms with Gasteiger partial charge in [-0.1, -0.05) is 28.1 Å². The van der Waals surface area contributed by atoms with E-state index in [-0.39, 0.29) is 24.3 Å². The normalized spacial score (nSPS) is 11.6. The Kier molecular flexibility index (Phi) is 6.54. The Morgan fingerprint density at radius 3 is 2.64 bits per heavy atom. The van der Waals surface area contributed by atoms with E-state index in [1.54, 1.807) is 29.5 Å². The fourth-order valence-electron chi connectivity index (χ4n) is 2.76. The highest BCUT2D eigenvalue weighted by atomic mass is 79.9. The number of pyridine rings is 1. The van der Waals surface area contributed by atoms with Crippen LogP contribution >= 0.6 is 15.9 Å². The van der Waals surface area contributed by atoms with E-state index in [0.29, 0.717) is 6.54 Å². The molecule has 0 bridgehead atoms. The second kappa shape index (κ2) is 9.27. The van der Waals surface area contributed by atoms with Gasteiger partial charge in [-0.3, -0.25) is 14.2 Å². The number of nitrogens with zero attached hydrogens (tertiary/aromatic N) is 3. The van der Waals surface area contributed by atoms with Gasteiger partial charge in [0.2, 0.25) is 11.8 Å². The Labute approximate surface area is 171 Å². The molecule has 0 aliphatic rings. The number of halogens is 1. The van der Waals surface area contributed by atoms with E-state index in [1.807, 2.05) is 36.4 Å². The lowest BCUT2D eigenvalue weighted by Gasteiger charge is -2.18. The third kappa shape index (κ3) is 5.50. The van der Waals surface area contributed by atoms with Crippen molar-refractivity contribution in [2.75, 3.05) is 0 Å². The number of benzene rings is 1. The van der Waals surface area contributed by atoms with Gasteiger partial charge in [-0.25, -0.2) is 9.97 Å². The van der Waals surface area contributed by atoms with Crippen LogP contribution in [0, 0.1) is 0 Å². The molecule has 3 aromatic rings. The minimum atomic E-state index is -0.385. The maximum atomic E-state index is 12.5. The molecule has 1 atom stereocenters. The van der Waals surface area contributed by atoms with Crippen LogP contribution in [0.15, 0.2) is 65.8 Å². The molecule has 1 unspecified atom stereocenters. The molecule has 0 aliphatic carbocycles. The molecule has 1 aromatic carbocycles. The van der Waals surface area contributed by atoms with Crippen molar-refractivity contribution in [1.29, 1.82) is 0 Å². The molecule has 0 spiro atoms. The van der Waals surface area contributed by atoms with Crippen LogP contribution in [0.25, 0.3) is 5.82 Å². The van der Waals surface area contributed by atoms with Crippen LogP contribution in [0.5, 0.6) is 0 Å². The molecule has 0 saturated heterocycles. The molecule has 2 aromatic heterocycles. The minimum Gasteiger partial charge on any atom is -0.352 e. The summed E-state index contributed by atoms with van der Waals surface area (Å²) in [4.78, 5) is 32.3. The summed E-state index contributed by atoms with van der Waals surface area (Å²) in [5.41, 5.74) is 1.80. The molecule has 3 rings (SSSR count). The zero-order chi connectivity index (χ0) is 19.9. The SMILES string of the molecule is CC(=O)NC(CC(=O)NCc1ccnc(-n2ccnc2)c1)c1ccc(Br)cc1. The molecule has 28 heavy (non-hydrogen) atoms. The van der Waals surface area contributed by atoms with Crippen molar-refractivity contribution in [3.63, 3.8) is 0 Å². The predicted molar refractivity (Wildman–Crippen MR) is 109 cm³/mol. The number of imidazole rings is 1. The van der Waals surface area contributed by atoms with Crippen LogP contribution in [-0.4, -0.2) is 26.3 Å². The van der Waals surface area contributed by atoms with Gasteiger partial charge in [-0.2, -0.15) is 0 Å². The first-order valence-corrected chi connectivity index (χ1v) is 9.53. The summed E-state index contributed by atoms with van der Waals surface area (Å²) in [7, 11) is 0. The summed E-state index contributed by atoms with van der Waals surface area (Å²) in [5, 5.41) is 5.74. The van der Waals surface area contributed by atoms with E-state index < -0.39 is 0 Å². The van der Waals surface area contributed by atoms with E-state index >= 15 is 0 Å². The average Bonchev–Trinajstić information content (AvgIpc) is 3.21. The fourth-order valence-corrected chi connectivity index (χ4v) is 3.02. The number of amides is 2. The summed E-state index contributed by atoms with van der Waals surface area (Å²) in [5.74, 6) is 0.401. The smallest absolute Gasteiger partial charge is 0.222 e. The monoisotopic (exact) mass is 441 g/mol. The number of rotatable bonds is 7. The van der Waals surface area contributed by atoms with Crippen molar-refractivity contribution in [2.24, 2.45) is 0 Å². The van der Waals surface area contributed by atoms with Crippen LogP contribution in [0.3, 0.4) is 0 Å². The molecular weight excluding hydrogens is 422 g/mol. The molecule has 2 N–H and O–H groups in total. The van der Waals surface area contributed by atoms with Crippen LogP contribution in [0.4, 0.5) is 0 Å². The van der Waals surface area contributed by atoms with Crippen LogP contribution in [0.2, 0.25) is 0 Å². The molecule has 0 saturated carbocycles. The first-order valence-electron chi connectivity index (χ1n) is 8.74. The molecule has 2 heterocycles. The number of aromatic nitrogens is 3. The fraction of sp³-hybridized carbons (Fsp3) is 0.200. The van der Waals surface area contributed by atoms with Gasteiger partial charge in [-0.15, -0.1) is 0 Å². The zero-order valence-corrected chi connectivity index (χ0v) is 16.9. The number of nitrogens with one attached hydrogen (secondary N) is 2. The second-order valence-corrected chi connectivity index (χ2v) is 7.19. The van der Waals surface area contributed by atoms with Gasteiger partial charge < -0.3 is 10.6 Å². The standard InChI is InChI=1S/C20H20BrN5O2/c1-14(27)25-18(16-2-4-17(21)5-3-16)11-20(28)24-12-15-6-7-23-19(10-15)26-9-8-22-13-26/h2-10,13,18H,11-12H2,1H3,(H,24,28)(H,25,27). The van der Waals surface area contributed by atoms with Crippen molar-refractivity contribution in [2.45, 2.75) is 25.9 Å². The van der Waals surface area contributed by atoms with E-state index in [0.717, 1.165) is 21.4 Å². The highest BCUT2D eigenvalue weighted by Gasteiger charge is 2.17. The largest absolute Gasteiger partial charge is 0.352 e. The van der Waals surface area contributed by atoms with E-state index in [1.165, 1.54) is 6.92 Å². The predicted octanol–water partition coefficient (Wildman–Crippen LogP) is 2.91. The maximum absolute atomic E-state index is 12.5. The van der Waals surface area contributed by atoms with Gasteiger partial charge in [0.15, 0.2) is 0 Å². The first kappa shape index (κ1) is 19.8. The molecule has 0 aliphatic heterocycles. The van der Waals surface area contributed by atoms with Crippen molar-refractivity contribution >= 4 is 27.7 Å². The van der Waals surface area contributed by atoms with Crippen molar-refractivity contribution < 1.29 is 9.59 Å². The van der Waals surface area contributed by atoms with Gasteiger partial charge in [0.1, 0.15) is 12.1 Å². The third-order valence-electron chi connectivity index (χ3n) is 4.11. The van der Waals surface area contributed by atoms with Crippen LogP contribution < -0.4 is 10.6 Å².